The Balaban J connectivity index is 1.99. The van der Waals surface area contributed by atoms with Gasteiger partial charge in [-0.25, -0.2) is 4.98 Å². The fraction of sp³-hybridized carbons (Fsp3) is 0.583. The van der Waals surface area contributed by atoms with Crippen molar-refractivity contribution >= 4 is 5.82 Å². The van der Waals surface area contributed by atoms with E-state index in [9.17, 15) is 0 Å². The largest absolute Gasteiger partial charge is 0.487 e. The van der Waals surface area contributed by atoms with E-state index in [-0.39, 0.29) is 6.10 Å². The van der Waals surface area contributed by atoms with Gasteiger partial charge in [0.15, 0.2) is 11.6 Å². The molecule has 15 heavy (non-hydrogen) atoms. The zero-order valence-corrected chi connectivity index (χ0v) is 9.36. The molecule has 1 aromatic heterocycles. The molecular weight excluding hydrogens is 188 g/mol. The van der Waals surface area contributed by atoms with Crippen LogP contribution in [0.3, 0.4) is 0 Å². The van der Waals surface area contributed by atoms with E-state index in [2.05, 4.69) is 10.3 Å². The number of ether oxygens (including phenoxy) is 1. The maximum atomic E-state index is 5.67. The van der Waals surface area contributed by atoms with Crippen molar-refractivity contribution in [2.45, 2.75) is 32.8 Å². The van der Waals surface area contributed by atoms with Crippen molar-refractivity contribution < 1.29 is 4.74 Å². The van der Waals surface area contributed by atoms with Gasteiger partial charge in [-0.3, -0.25) is 0 Å². The van der Waals surface area contributed by atoms with Crippen molar-refractivity contribution in [3.05, 3.63) is 18.3 Å². The first-order chi connectivity index (χ1) is 7.25. The number of aromatic nitrogens is 1. The van der Waals surface area contributed by atoms with E-state index in [4.69, 9.17) is 4.74 Å². The third-order valence-electron chi connectivity index (χ3n) is 2.39. The number of hydrogen-bond donors (Lipinski definition) is 1. The number of anilines is 1. The number of nitrogens with one attached hydrogen (secondary N) is 1. The maximum Gasteiger partial charge on any atom is 0.168 e. The van der Waals surface area contributed by atoms with Crippen molar-refractivity contribution in [2.75, 3.05) is 11.9 Å². The van der Waals surface area contributed by atoms with Gasteiger partial charge >= 0.3 is 0 Å². The number of rotatable bonds is 5. The monoisotopic (exact) mass is 206 g/mol. The summed E-state index contributed by atoms with van der Waals surface area (Å²) in [6.07, 6.45) is 4.68. The minimum Gasteiger partial charge on any atom is -0.487 e. The highest BCUT2D eigenvalue weighted by atomic mass is 16.5. The smallest absolute Gasteiger partial charge is 0.168 e. The second-order valence-electron chi connectivity index (χ2n) is 4.34. The van der Waals surface area contributed by atoms with Gasteiger partial charge in [-0.15, -0.1) is 0 Å². The van der Waals surface area contributed by atoms with Crippen molar-refractivity contribution in [3.63, 3.8) is 0 Å². The second-order valence-corrected chi connectivity index (χ2v) is 4.34. The molecule has 3 heteroatoms. The molecule has 0 spiro atoms. The molecule has 1 aliphatic rings. The molecule has 0 aromatic carbocycles. The Morgan fingerprint density at radius 1 is 1.53 bits per heavy atom. The minimum absolute atomic E-state index is 0.190. The molecule has 0 unspecified atom stereocenters. The Morgan fingerprint density at radius 2 is 2.33 bits per heavy atom. The third-order valence-corrected chi connectivity index (χ3v) is 2.39. The second kappa shape index (κ2) is 4.51. The Labute approximate surface area is 90.9 Å². The lowest BCUT2D eigenvalue weighted by Crippen LogP contribution is -2.11. The Morgan fingerprint density at radius 3 is 3.00 bits per heavy atom. The molecule has 1 heterocycles. The molecule has 0 amide bonds. The van der Waals surface area contributed by atoms with Gasteiger partial charge < -0.3 is 10.1 Å². The summed E-state index contributed by atoms with van der Waals surface area (Å²) < 4.78 is 5.67. The molecule has 2 rings (SSSR count). The Bertz CT molecular complexity index is 321. The number of pyridine rings is 1. The molecule has 1 saturated carbocycles. The molecule has 0 atom stereocenters. The van der Waals surface area contributed by atoms with Gasteiger partial charge in [0.2, 0.25) is 0 Å². The van der Waals surface area contributed by atoms with Gasteiger partial charge in [0, 0.05) is 12.7 Å². The van der Waals surface area contributed by atoms with E-state index in [0.717, 1.165) is 24.0 Å². The van der Waals surface area contributed by atoms with Gasteiger partial charge in [-0.1, -0.05) is 0 Å². The minimum atomic E-state index is 0.190. The van der Waals surface area contributed by atoms with E-state index in [1.54, 1.807) is 6.20 Å². The van der Waals surface area contributed by atoms with E-state index in [1.807, 2.05) is 26.0 Å². The molecular formula is C12H18N2O. The zero-order chi connectivity index (χ0) is 10.7. The van der Waals surface area contributed by atoms with Crippen molar-refractivity contribution in [2.24, 2.45) is 5.92 Å². The highest BCUT2D eigenvalue weighted by molar-refractivity contribution is 5.49. The highest BCUT2D eigenvalue weighted by Crippen LogP contribution is 2.30. The molecule has 0 bridgehead atoms. The fourth-order valence-electron chi connectivity index (χ4n) is 1.44. The summed E-state index contributed by atoms with van der Waals surface area (Å²) >= 11 is 0. The molecule has 3 nitrogen and oxygen atoms in total. The summed E-state index contributed by atoms with van der Waals surface area (Å²) in [5.41, 5.74) is 0. The van der Waals surface area contributed by atoms with Crippen LogP contribution in [0.1, 0.15) is 26.7 Å². The molecule has 0 radical (unpaired) electrons. The molecule has 0 aliphatic heterocycles. The SMILES string of the molecule is CC(C)Oc1cccnc1NCC1CC1. The van der Waals surface area contributed by atoms with Crippen LogP contribution in [-0.2, 0) is 0 Å². The standard InChI is InChI=1S/C12H18N2O/c1-9(2)15-11-4-3-7-13-12(11)14-8-10-5-6-10/h3-4,7,9-10H,5-6,8H2,1-2H3,(H,13,14). The van der Waals surface area contributed by atoms with Gasteiger partial charge in [0.25, 0.3) is 0 Å². The van der Waals surface area contributed by atoms with Crippen LogP contribution in [0, 0.1) is 5.92 Å². The van der Waals surface area contributed by atoms with Crippen LogP contribution >= 0.6 is 0 Å². The molecule has 1 fully saturated rings. The van der Waals surface area contributed by atoms with Crippen LogP contribution in [0.25, 0.3) is 0 Å². The van der Waals surface area contributed by atoms with Crippen LogP contribution in [0.15, 0.2) is 18.3 Å². The lowest BCUT2D eigenvalue weighted by atomic mass is 10.3. The van der Waals surface area contributed by atoms with Crippen molar-refractivity contribution in [3.8, 4) is 5.75 Å². The zero-order valence-electron chi connectivity index (χ0n) is 9.36. The first kappa shape index (κ1) is 10.3. The van der Waals surface area contributed by atoms with E-state index in [1.165, 1.54) is 12.8 Å². The normalized spacial score (nSPS) is 15.4. The fourth-order valence-corrected chi connectivity index (χ4v) is 1.44. The summed E-state index contributed by atoms with van der Waals surface area (Å²) in [6.45, 7) is 5.07. The molecule has 1 N–H and O–H groups in total. The molecule has 1 aliphatic carbocycles. The Hall–Kier alpha value is -1.25. The summed E-state index contributed by atoms with van der Waals surface area (Å²) in [5, 5.41) is 3.34. The van der Waals surface area contributed by atoms with E-state index in [0.29, 0.717) is 0 Å². The summed E-state index contributed by atoms with van der Waals surface area (Å²) in [6, 6.07) is 3.86. The van der Waals surface area contributed by atoms with Gasteiger partial charge in [-0.2, -0.15) is 0 Å². The average molecular weight is 206 g/mol. The lowest BCUT2D eigenvalue weighted by Gasteiger charge is -2.14. The average Bonchev–Trinajstić information content (AvgIpc) is 2.99. The van der Waals surface area contributed by atoms with Gasteiger partial charge in [0.05, 0.1) is 6.10 Å². The lowest BCUT2D eigenvalue weighted by molar-refractivity contribution is 0.243. The predicted octanol–water partition coefficient (Wildman–Crippen LogP) is 2.69. The van der Waals surface area contributed by atoms with Crippen LogP contribution < -0.4 is 10.1 Å². The Kier molecular flexibility index (Phi) is 3.09. The molecule has 82 valence electrons. The highest BCUT2D eigenvalue weighted by Gasteiger charge is 2.21. The third kappa shape index (κ3) is 3.11. The molecule has 0 saturated heterocycles. The number of hydrogen-bond acceptors (Lipinski definition) is 3. The van der Waals surface area contributed by atoms with Crippen LogP contribution in [0.4, 0.5) is 5.82 Å². The molecule has 1 aromatic rings. The summed E-state index contributed by atoms with van der Waals surface area (Å²) in [4.78, 5) is 4.30. The predicted molar refractivity (Wildman–Crippen MR) is 61.2 cm³/mol. The topological polar surface area (TPSA) is 34.1 Å². The maximum absolute atomic E-state index is 5.67. The number of nitrogens with zero attached hydrogens (tertiary/aromatic N) is 1. The van der Waals surface area contributed by atoms with Crippen molar-refractivity contribution in [1.82, 2.24) is 4.98 Å². The van der Waals surface area contributed by atoms with Crippen LogP contribution in [0.5, 0.6) is 5.75 Å². The summed E-state index contributed by atoms with van der Waals surface area (Å²) in [5.74, 6) is 2.57. The van der Waals surface area contributed by atoms with Crippen LogP contribution in [-0.4, -0.2) is 17.6 Å². The van der Waals surface area contributed by atoms with Crippen molar-refractivity contribution in [1.29, 1.82) is 0 Å². The van der Waals surface area contributed by atoms with E-state index < -0.39 is 0 Å². The van der Waals surface area contributed by atoms with Gasteiger partial charge in [-0.05, 0) is 44.7 Å². The first-order valence-corrected chi connectivity index (χ1v) is 5.61. The van der Waals surface area contributed by atoms with E-state index >= 15 is 0 Å². The summed E-state index contributed by atoms with van der Waals surface area (Å²) in [7, 11) is 0. The quantitative estimate of drug-likeness (QED) is 0.804. The van der Waals surface area contributed by atoms with Crippen LogP contribution in [0.2, 0.25) is 0 Å². The van der Waals surface area contributed by atoms with Gasteiger partial charge in [0.1, 0.15) is 0 Å². The first-order valence-electron chi connectivity index (χ1n) is 5.61.